The molecular weight excluding hydrogens is 534 g/mol. The molecule has 0 saturated carbocycles. The molecule has 0 aliphatic heterocycles. The fourth-order valence-electron chi connectivity index (χ4n) is 2.75. The van der Waals surface area contributed by atoms with Crippen LogP contribution in [0.15, 0.2) is 40.2 Å². The van der Waals surface area contributed by atoms with Gasteiger partial charge in [0.1, 0.15) is 17.6 Å². The molecule has 1 unspecified atom stereocenters. The second kappa shape index (κ2) is 12.7. The zero-order chi connectivity index (χ0) is 26.1. The van der Waals surface area contributed by atoms with E-state index in [4.69, 9.17) is 35.6 Å². The summed E-state index contributed by atoms with van der Waals surface area (Å²) in [7, 11) is 1.65. The van der Waals surface area contributed by atoms with Crippen molar-refractivity contribution in [2.24, 2.45) is 5.73 Å². The maximum atomic E-state index is 10.3. The summed E-state index contributed by atoms with van der Waals surface area (Å²) in [5.74, 6) is -3.46. The molecule has 0 aliphatic rings. The standard InChI is InChI=1S/C16H20BrNO2S.C6H8O7/c1-16(2,18)10-14(15-13(17)7-8-21-15)20-12-6-4-5-11(9-12)19-3;7-3(8)1-6(13,5(11)12)2-4(9)10/h4-9,14H,10,18H2,1-3H3;13H,1-2H2,(H,7,8)(H,9,10)(H,11,12). The number of rotatable bonds is 11. The van der Waals surface area contributed by atoms with Crippen LogP contribution < -0.4 is 15.2 Å². The molecule has 1 heterocycles. The number of carboxylic acids is 3. The number of aliphatic hydroxyl groups is 1. The normalized spacial score (nSPS) is 12.2. The number of aliphatic carboxylic acids is 3. The molecule has 1 atom stereocenters. The van der Waals surface area contributed by atoms with Gasteiger partial charge in [-0.3, -0.25) is 9.59 Å². The lowest BCUT2D eigenvalue weighted by molar-refractivity contribution is -0.170. The largest absolute Gasteiger partial charge is 0.497 e. The SMILES string of the molecule is COc1cccc(OC(CC(C)(C)N)c2sccc2Br)c1.O=C(O)CC(O)(CC(=O)O)C(=O)O. The third kappa shape index (κ3) is 10.1. The monoisotopic (exact) mass is 561 g/mol. The average molecular weight is 562 g/mol. The third-order valence-corrected chi connectivity index (χ3v) is 6.22. The van der Waals surface area contributed by atoms with Crippen molar-refractivity contribution in [3.8, 4) is 11.5 Å². The van der Waals surface area contributed by atoms with Crippen LogP contribution in [-0.4, -0.2) is 56.6 Å². The zero-order valence-electron chi connectivity index (χ0n) is 18.9. The molecule has 10 nitrogen and oxygen atoms in total. The number of hydrogen-bond donors (Lipinski definition) is 5. The van der Waals surface area contributed by atoms with E-state index in [1.807, 2.05) is 49.6 Å². The summed E-state index contributed by atoms with van der Waals surface area (Å²) < 4.78 is 12.5. The average Bonchev–Trinajstić information content (AvgIpc) is 3.11. The Bertz CT molecular complexity index is 971. The van der Waals surface area contributed by atoms with Gasteiger partial charge in [0.05, 0.1) is 24.8 Å². The maximum absolute atomic E-state index is 10.3. The third-order valence-electron chi connectivity index (χ3n) is 4.25. The number of benzene rings is 1. The van der Waals surface area contributed by atoms with Crippen molar-refractivity contribution < 1.29 is 44.3 Å². The van der Waals surface area contributed by atoms with Gasteiger partial charge in [-0.2, -0.15) is 0 Å². The van der Waals surface area contributed by atoms with Crippen LogP contribution in [0.5, 0.6) is 11.5 Å². The van der Waals surface area contributed by atoms with E-state index < -0.39 is 36.4 Å². The summed E-state index contributed by atoms with van der Waals surface area (Å²) in [6.07, 6.45) is -1.65. The Balaban J connectivity index is 0.000000385. The van der Waals surface area contributed by atoms with Gasteiger partial charge in [-0.25, -0.2) is 4.79 Å². The smallest absolute Gasteiger partial charge is 0.336 e. The Kier molecular flexibility index (Phi) is 11.0. The number of carboxylic acid groups (broad SMARTS) is 3. The van der Waals surface area contributed by atoms with Crippen molar-refractivity contribution in [1.29, 1.82) is 0 Å². The minimum absolute atomic E-state index is 0.0912. The number of halogens is 1. The van der Waals surface area contributed by atoms with E-state index in [1.165, 1.54) is 0 Å². The Morgan fingerprint density at radius 2 is 1.65 bits per heavy atom. The topological polar surface area (TPSA) is 177 Å². The lowest BCUT2D eigenvalue weighted by Gasteiger charge is -2.26. The minimum atomic E-state index is -2.74. The molecule has 12 heteroatoms. The van der Waals surface area contributed by atoms with Crippen molar-refractivity contribution in [1.82, 2.24) is 0 Å². The van der Waals surface area contributed by atoms with Crippen LogP contribution >= 0.6 is 27.3 Å². The van der Waals surface area contributed by atoms with E-state index in [1.54, 1.807) is 18.4 Å². The fourth-order valence-corrected chi connectivity index (χ4v) is 4.41. The first kappa shape index (κ1) is 29.4. The molecule has 0 aliphatic carbocycles. The summed E-state index contributed by atoms with van der Waals surface area (Å²) in [6.45, 7) is 4.02. The number of hydrogen-bond acceptors (Lipinski definition) is 8. The van der Waals surface area contributed by atoms with Gasteiger partial charge in [-0.1, -0.05) is 6.07 Å². The Morgan fingerprint density at radius 3 is 2.06 bits per heavy atom. The van der Waals surface area contributed by atoms with E-state index in [0.717, 1.165) is 27.3 Å². The van der Waals surface area contributed by atoms with Crippen LogP contribution in [0.1, 0.15) is 44.1 Å². The summed E-state index contributed by atoms with van der Waals surface area (Å²) in [5, 5.41) is 35.9. The number of nitrogens with two attached hydrogens (primary N) is 1. The molecular formula is C22H28BrNO9S. The van der Waals surface area contributed by atoms with Gasteiger partial charge in [0.15, 0.2) is 5.60 Å². The van der Waals surface area contributed by atoms with E-state index in [2.05, 4.69) is 15.9 Å². The predicted octanol–water partition coefficient (Wildman–Crippen LogP) is 3.52. The van der Waals surface area contributed by atoms with Crippen molar-refractivity contribution in [2.45, 2.75) is 50.4 Å². The molecule has 0 spiro atoms. The zero-order valence-corrected chi connectivity index (χ0v) is 21.3. The molecule has 1 aromatic carbocycles. The number of ether oxygens (including phenoxy) is 2. The highest BCUT2D eigenvalue weighted by Crippen LogP contribution is 2.37. The summed E-state index contributed by atoms with van der Waals surface area (Å²) in [5.41, 5.74) is 3.14. The molecule has 0 amide bonds. The van der Waals surface area contributed by atoms with Gasteiger partial charge >= 0.3 is 17.9 Å². The second-order valence-corrected chi connectivity index (χ2v) is 9.89. The first-order valence-corrected chi connectivity index (χ1v) is 11.6. The Labute approximate surface area is 209 Å². The van der Waals surface area contributed by atoms with Crippen LogP contribution in [0.25, 0.3) is 0 Å². The Morgan fingerprint density at radius 1 is 1.09 bits per heavy atom. The summed E-state index contributed by atoms with van der Waals surface area (Å²) in [4.78, 5) is 31.6. The van der Waals surface area contributed by atoms with Gasteiger partial charge in [-0.15, -0.1) is 11.3 Å². The van der Waals surface area contributed by atoms with Crippen molar-refractivity contribution in [3.05, 3.63) is 45.1 Å². The quantitative estimate of drug-likeness (QED) is 0.272. The van der Waals surface area contributed by atoms with Gasteiger partial charge < -0.3 is 35.6 Å². The van der Waals surface area contributed by atoms with Crippen molar-refractivity contribution in [2.75, 3.05) is 7.11 Å². The Hall–Kier alpha value is -2.67. The molecule has 2 aromatic rings. The van der Waals surface area contributed by atoms with Gasteiger partial charge in [0.2, 0.25) is 0 Å². The molecule has 1 aromatic heterocycles. The van der Waals surface area contributed by atoms with Crippen LogP contribution in [0.2, 0.25) is 0 Å². The first-order chi connectivity index (χ1) is 15.7. The number of thiophene rings is 1. The van der Waals surface area contributed by atoms with Crippen LogP contribution in [0, 0.1) is 0 Å². The second-order valence-electron chi connectivity index (χ2n) is 8.09. The van der Waals surface area contributed by atoms with E-state index >= 15 is 0 Å². The summed E-state index contributed by atoms with van der Waals surface area (Å²) in [6, 6.07) is 9.67. The van der Waals surface area contributed by atoms with Crippen molar-refractivity contribution in [3.63, 3.8) is 0 Å². The van der Waals surface area contributed by atoms with Crippen molar-refractivity contribution >= 4 is 45.2 Å². The summed E-state index contributed by atoms with van der Waals surface area (Å²) >= 11 is 5.25. The molecule has 0 fully saturated rings. The van der Waals surface area contributed by atoms with Gasteiger partial charge in [0, 0.05) is 22.5 Å². The maximum Gasteiger partial charge on any atom is 0.336 e. The fraction of sp³-hybridized carbons (Fsp3) is 0.409. The van der Waals surface area contributed by atoms with Gasteiger partial charge in [0.25, 0.3) is 0 Å². The number of carbonyl (C=O) groups is 3. The molecule has 188 valence electrons. The molecule has 2 rings (SSSR count). The lowest BCUT2D eigenvalue weighted by Crippen LogP contribution is -2.42. The van der Waals surface area contributed by atoms with E-state index in [-0.39, 0.29) is 11.6 Å². The van der Waals surface area contributed by atoms with E-state index in [9.17, 15) is 14.4 Å². The highest BCUT2D eigenvalue weighted by Gasteiger charge is 2.40. The van der Waals surface area contributed by atoms with Gasteiger partial charge in [-0.05, 0) is 53.4 Å². The molecule has 6 N–H and O–H groups in total. The van der Waals surface area contributed by atoms with Crippen LogP contribution in [0.3, 0.4) is 0 Å². The molecule has 0 bridgehead atoms. The molecule has 0 radical (unpaired) electrons. The predicted molar refractivity (Wildman–Crippen MR) is 128 cm³/mol. The van der Waals surface area contributed by atoms with E-state index in [0.29, 0.717) is 0 Å². The lowest BCUT2D eigenvalue weighted by atomic mass is 9.96. The molecule has 34 heavy (non-hydrogen) atoms. The van der Waals surface area contributed by atoms with Crippen LogP contribution in [-0.2, 0) is 14.4 Å². The molecule has 0 saturated heterocycles. The number of methoxy groups -OCH3 is 1. The first-order valence-electron chi connectivity index (χ1n) is 9.88. The minimum Gasteiger partial charge on any atom is -0.497 e. The highest BCUT2D eigenvalue weighted by atomic mass is 79.9. The van der Waals surface area contributed by atoms with Crippen LogP contribution in [0.4, 0.5) is 0 Å². The highest BCUT2D eigenvalue weighted by molar-refractivity contribution is 9.10.